The summed E-state index contributed by atoms with van der Waals surface area (Å²) in [7, 11) is 0. The van der Waals surface area contributed by atoms with E-state index in [9.17, 15) is 0 Å². The van der Waals surface area contributed by atoms with Gasteiger partial charge in [-0.25, -0.2) is 19.9 Å². The van der Waals surface area contributed by atoms with Crippen molar-refractivity contribution in [2.24, 2.45) is 0 Å². The van der Waals surface area contributed by atoms with Crippen LogP contribution in [0.3, 0.4) is 0 Å². The first-order valence-corrected chi connectivity index (χ1v) is 10.9. The molecule has 0 amide bonds. The van der Waals surface area contributed by atoms with Crippen LogP contribution < -0.4 is 10.6 Å². The molecule has 0 aliphatic rings. The van der Waals surface area contributed by atoms with Gasteiger partial charge >= 0.3 is 0 Å². The fourth-order valence-electron chi connectivity index (χ4n) is 3.73. The predicted octanol–water partition coefficient (Wildman–Crippen LogP) is 5.83. The Morgan fingerprint density at radius 2 is 1.66 bits per heavy atom. The van der Waals surface area contributed by atoms with Crippen LogP contribution in [0.1, 0.15) is 40.8 Å². The van der Waals surface area contributed by atoms with Crippen molar-refractivity contribution in [3.05, 3.63) is 94.8 Å². The molecule has 162 valence electrons. The van der Waals surface area contributed by atoms with Gasteiger partial charge in [-0.1, -0.05) is 43.3 Å². The third-order valence-electron chi connectivity index (χ3n) is 5.37. The number of hydrogen-bond donors (Lipinski definition) is 2. The van der Waals surface area contributed by atoms with E-state index in [1.807, 2.05) is 32.9 Å². The SMILES string of the molecule is CCc1ccc(Nc2cc(C)ncn2)cc1Nc1nc(C)nc(C)c1Cc1ccccc1. The van der Waals surface area contributed by atoms with Crippen molar-refractivity contribution < 1.29 is 0 Å². The highest BCUT2D eigenvalue weighted by Crippen LogP contribution is 2.29. The molecule has 0 saturated carbocycles. The van der Waals surface area contributed by atoms with Crippen LogP contribution in [0.5, 0.6) is 0 Å². The summed E-state index contributed by atoms with van der Waals surface area (Å²) in [6, 6.07) is 18.7. The van der Waals surface area contributed by atoms with Crippen LogP contribution in [-0.2, 0) is 12.8 Å². The highest BCUT2D eigenvalue weighted by molar-refractivity contribution is 5.70. The number of nitrogens with one attached hydrogen (secondary N) is 2. The topological polar surface area (TPSA) is 75.6 Å². The van der Waals surface area contributed by atoms with Gasteiger partial charge in [0, 0.05) is 40.8 Å². The highest BCUT2D eigenvalue weighted by Gasteiger charge is 2.13. The minimum absolute atomic E-state index is 0.755. The summed E-state index contributed by atoms with van der Waals surface area (Å²) >= 11 is 0. The lowest BCUT2D eigenvalue weighted by Gasteiger charge is -2.17. The summed E-state index contributed by atoms with van der Waals surface area (Å²) in [5.74, 6) is 2.38. The largest absolute Gasteiger partial charge is 0.340 e. The van der Waals surface area contributed by atoms with E-state index < -0.39 is 0 Å². The van der Waals surface area contributed by atoms with Crippen LogP contribution in [0.2, 0.25) is 0 Å². The Morgan fingerprint density at radius 1 is 0.844 bits per heavy atom. The molecule has 6 heteroatoms. The molecule has 4 rings (SSSR count). The fraction of sp³-hybridized carbons (Fsp3) is 0.231. The van der Waals surface area contributed by atoms with Crippen molar-refractivity contribution in [2.75, 3.05) is 10.6 Å². The summed E-state index contributed by atoms with van der Waals surface area (Å²) in [5, 5.41) is 6.98. The van der Waals surface area contributed by atoms with Crippen molar-refractivity contribution in [3.63, 3.8) is 0 Å². The van der Waals surface area contributed by atoms with Crippen molar-refractivity contribution in [1.29, 1.82) is 0 Å². The molecule has 0 aliphatic carbocycles. The molecule has 4 aromatic rings. The first-order chi connectivity index (χ1) is 15.5. The molecule has 2 aromatic carbocycles. The molecule has 0 spiro atoms. The molecule has 0 aliphatic heterocycles. The average Bonchev–Trinajstić information content (AvgIpc) is 2.77. The maximum atomic E-state index is 4.76. The second kappa shape index (κ2) is 9.56. The Kier molecular flexibility index (Phi) is 6.40. The van der Waals surface area contributed by atoms with Crippen LogP contribution >= 0.6 is 0 Å². The van der Waals surface area contributed by atoms with Crippen molar-refractivity contribution in [2.45, 2.75) is 40.5 Å². The molecule has 0 atom stereocenters. The first-order valence-electron chi connectivity index (χ1n) is 10.9. The second-order valence-electron chi connectivity index (χ2n) is 7.87. The molecule has 0 radical (unpaired) electrons. The van der Waals surface area contributed by atoms with E-state index in [1.54, 1.807) is 6.33 Å². The lowest BCUT2D eigenvalue weighted by atomic mass is 10.0. The number of hydrogen-bond acceptors (Lipinski definition) is 6. The number of benzene rings is 2. The van der Waals surface area contributed by atoms with Gasteiger partial charge in [0.1, 0.15) is 23.8 Å². The molecule has 32 heavy (non-hydrogen) atoms. The quantitative estimate of drug-likeness (QED) is 0.389. The van der Waals surface area contributed by atoms with E-state index in [0.29, 0.717) is 0 Å². The lowest BCUT2D eigenvalue weighted by Crippen LogP contribution is -2.08. The average molecular weight is 425 g/mol. The second-order valence-corrected chi connectivity index (χ2v) is 7.87. The molecule has 0 fully saturated rings. The van der Waals surface area contributed by atoms with Crippen LogP contribution in [0.15, 0.2) is 60.9 Å². The minimum Gasteiger partial charge on any atom is -0.340 e. The van der Waals surface area contributed by atoms with Crippen molar-refractivity contribution in [1.82, 2.24) is 19.9 Å². The lowest BCUT2D eigenvalue weighted by molar-refractivity contribution is 0.964. The molecule has 6 nitrogen and oxygen atoms in total. The van der Waals surface area contributed by atoms with E-state index in [1.165, 1.54) is 11.1 Å². The number of rotatable bonds is 7. The van der Waals surface area contributed by atoms with E-state index in [4.69, 9.17) is 4.98 Å². The van der Waals surface area contributed by atoms with Crippen LogP contribution in [0, 0.1) is 20.8 Å². The molecule has 0 saturated heterocycles. The summed E-state index contributed by atoms with van der Waals surface area (Å²) < 4.78 is 0. The van der Waals surface area contributed by atoms with Crippen molar-refractivity contribution >= 4 is 23.0 Å². The zero-order chi connectivity index (χ0) is 22.5. The van der Waals surface area contributed by atoms with Crippen LogP contribution in [0.4, 0.5) is 23.0 Å². The molecule has 0 unspecified atom stereocenters. The third kappa shape index (κ3) is 5.09. The van der Waals surface area contributed by atoms with Gasteiger partial charge in [0.05, 0.1) is 0 Å². The molecule has 0 bridgehead atoms. The minimum atomic E-state index is 0.755. The van der Waals surface area contributed by atoms with E-state index in [0.717, 1.165) is 58.6 Å². The molecule has 2 N–H and O–H groups in total. The Morgan fingerprint density at radius 3 is 2.41 bits per heavy atom. The molecule has 2 heterocycles. The maximum absolute atomic E-state index is 4.76. The van der Waals surface area contributed by atoms with E-state index in [-0.39, 0.29) is 0 Å². The number of anilines is 4. The Bertz CT molecular complexity index is 1220. The standard InChI is InChI=1S/C26H28N6/c1-5-21-11-12-22(31-25-13-17(2)27-16-28-25)15-24(21)32-26-23(18(3)29-19(4)30-26)14-20-9-7-6-8-10-20/h6-13,15-16H,5,14H2,1-4H3,(H,27,28,31)(H,29,30,32). The van der Waals surface area contributed by atoms with Gasteiger partial charge in [0.15, 0.2) is 0 Å². The zero-order valence-electron chi connectivity index (χ0n) is 19.0. The zero-order valence-corrected chi connectivity index (χ0v) is 19.0. The highest BCUT2D eigenvalue weighted by atomic mass is 15.0. The van der Waals surface area contributed by atoms with Gasteiger partial charge in [-0.3, -0.25) is 0 Å². The third-order valence-corrected chi connectivity index (χ3v) is 5.37. The predicted molar refractivity (Wildman–Crippen MR) is 130 cm³/mol. The Hall–Kier alpha value is -3.80. The smallest absolute Gasteiger partial charge is 0.137 e. The first kappa shape index (κ1) is 21.4. The number of aromatic nitrogens is 4. The van der Waals surface area contributed by atoms with Crippen LogP contribution in [-0.4, -0.2) is 19.9 Å². The van der Waals surface area contributed by atoms with Gasteiger partial charge in [0.2, 0.25) is 0 Å². The Balaban J connectivity index is 1.68. The monoisotopic (exact) mass is 424 g/mol. The van der Waals surface area contributed by atoms with Crippen LogP contribution in [0.25, 0.3) is 0 Å². The summed E-state index contributed by atoms with van der Waals surface area (Å²) in [6.45, 7) is 8.09. The normalized spacial score (nSPS) is 10.8. The molecule has 2 aromatic heterocycles. The van der Waals surface area contributed by atoms with E-state index in [2.05, 4.69) is 75.0 Å². The Labute approximate surface area is 189 Å². The molecular formula is C26H28N6. The number of aryl methyl sites for hydroxylation is 4. The summed E-state index contributed by atoms with van der Waals surface area (Å²) in [5.41, 5.74) is 7.44. The molecular weight excluding hydrogens is 396 g/mol. The fourth-order valence-corrected chi connectivity index (χ4v) is 3.73. The maximum Gasteiger partial charge on any atom is 0.137 e. The van der Waals surface area contributed by atoms with Gasteiger partial charge in [-0.15, -0.1) is 0 Å². The summed E-state index contributed by atoms with van der Waals surface area (Å²) in [6.07, 6.45) is 3.25. The van der Waals surface area contributed by atoms with Crippen molar-refractivity contribution in [3.8, 4) is 0 Å². The van der Waals surface area contributed by atoms with Gasteiger partial charge < -0.3 is 10.6 Å². The van der Waals surface area contributed by atoms with Gasteiger partial charge in [-0.2, -0.15) is 0 Å². The number of nitrogens with zero attached hydrogens (tertiary/aromatic N) is 4. The van der Waals surface area contributed by atoms with Gasteiger partial charge in [-0.05, 0) is 50.5 Å². The van der Waals surface area contributed by atoms with E-state index >= 15 is 0 Å². The van der Waals surface area contributed by atoms with Gasteiger partial charge in [0.25, 0.3) is 0 Å². The summed E-state index contributed by atoms with van der Waals surface area (Å²) in [4.78, 5) is 17.9.